The van der Waals surface area contributed by atoms with Gasteiger partial charge in [-0.2, -0.15) is 4.98 Å². The molecule has 0 saturated heterocycles. The molecule has 24 heavy (non-hydrogen) atoms. The summed E-state index contributed by atoms with van der Waals surface area (Å²) >= 11 is 3.57. The lowest BCUT2D eigenvalue weighted by atomic mass is 10.2. The molecule has 0 amide bonds. The molecule has 0 unspecified atom stereocenters. The van der Waals surface area contributed by atoms with E-state index in [2.05, 4.69) is 47.6 Å². The van der Waals surface area contributed by atoms with Crippen LogP contribution < -0.4 is 10.6 Å². The number of aromatic nitrogens is 3. The Morgan fingerprint density at radius 3 is 2.54 bits per heavy atom. The molecule has 2 N–H and O–H groups in total. The first kappa shape index (κ1) is 16.4. The van der Waals surface area contributed by atoms with Gasteiger partial charge in [0, 0.05) is 41.6 Å². The fourth-order valence-electron chi connectivity index (χ4n) is 2.27. The summed E-state index contributed by atoms with van der Waals surface area (Å²) in [4.78, 5) is 13.2. The Kier molecular flexibility index (Phi) is 5.38. The summed E-state index contributed by atoms with van der Waals surface area (Å²) in [6.07, 6.45) is 3.52. The molecule has 3 aromatic rings. The van der Waals surface area contributed by atoms with Crippen molar-refractivity contribution in [2.45, 2.75) is 13.5 Å². The van der Waals surface area contributed by atoms with Crippen LogP contribution in [0.1, 0.15) is 12.5 Å². The van der Waals surface area contributed by atoms with Crippen LogP contribution in [0.15, 0.2) is 59.3 Å². The van der Waals surface area contributed by atoms with Crippen molar-refractivity contribution in [3.05, 3.63) is 64.9 Å². The molecule has 0 saturated carbocycles. The van der Waals surface area contributed by atoms with Crippen LogP contribution in [0.25, 0.3) is 11.3 Å². The maximum Gasteiger partial charge on any atom is 0.225 e. The molecule has 0 atom stereocenters. The smallest absolute Gasteiger partial charge is 0.225 e. The third kappa shape index (κ3) is 4.08. The Balaban J connectivity index is 1.86. The van der Waals surface area contributed by atoms with Crippen LogP contribution in [0.5, 0.6) is 0 Å². The first-order valence-electron chi connectivity index (χ1n) is 7.77. The van der Waals surface area contributed by atoms with Crippen molar-refractivity contribution in [1.82, 2.24) is 15.0 Å². The molecule has 122 valence electrons. The predicted molar refractivity (Wildman–Crippen MR) is 101 cm³/mol. The fraction of sp³-hybridized carbons (Fsp3) is 0.167. The summed E-state index contributed by atoms with van der Waals surface area (Å²) in [7, 11) is 0. The summed E-state index contributed by atoms with van der Waals surface area (Å²) in [5, 5.41) is 6.55. The van der Waals surface area contributed by atoms with E-state index < -0.39 is 0 Å². The number of pyridine rings is 1. The molecule has 0 aliphatic carbocycles. The van der Waals surface area contributed by atoms with Gasteiger partial charge in [-0.05, 0) is 30.7 Å². The Morgan fingerprint density at radius 2 is 1.79 bits per heavy atom. The Hall–Kier alpha value is -2.47. The molecule has 0 spiro atoms. The monoisotopic (exact) mass is 383 g/mol. The van der Waals surface area contributed by atoms with E-state index in [0.29, 0.717) is 12.5 Å². The number of rotatable bonds is 6. The molecule has 0 aliphatic heterocycles. The standard InChI is InChI=1S/C18H18BrN5/c1-2-21-18-23-16(13-7-9-20-10-8-13)11-17(24-18)22-12-14-5-3-4-6-15(14)19/h3-11H,2,12H2,1H3,(H2,21,22,23,24). The van der Waals surface area contributed by atoms with Crippen molar-refractivity contribution < 1.29 is 0 Å². The first-order chi connectivity index (χ1) is 11.8. The van der Waals surface area contributed by atoms with Crippen LogP contribution >= 0.6 is 15.9 Å². The molecular formula is C18H18BrN5. The van der Waals surface area contributed by atoms with Gasteiger partial charge < -0.3 is 10.6 Å². The van der Waals surface area contributed by atoms with E-state index in [1.807, 2.05) is 43.3 Å². The fourth-order valence-corrected chi connectivity index (χ4v) is 2.70. The van der Waals surface area contributed by atoms with E-state index in [-0.39, 0.29) is 0 Å². The maximum absolute atomic E-state index is 4.57. The van der Waals surface area contributed by atoms with Crippen molar-refractivity contribution in [2.75, 3.05) is 17.2 Å². The number of hydrogen-bond donors (Lipinski definition) is 2. The van der Waals surface area contributed by atoms with Crippen LogP contribution in [-0.4, -0.2) is 21.5 Å². The summed E-state index contributed by atoms with van der Waals surface area (Å²) in [6, 6.07) is 14.0. The molecule has 2 heterocycles. The van der Waals surface area contributed by atoms with E-state index in [0.717, 1.165) is 28.1 Å². The van der Waals surface area contributed by atoms with Gasteiger partial charge in [0.1, 0.15) is 5.82 Å². The number of nitrogens with zero attached hydrogens (tertiary/aromatic N) is 3. The second-order valence-electron chi connectivity index (χ2n) is 5.17. The summed E-state index contributed by atoms with van der Waals surface area (Å²) in [5.74, 6) is 1.39. The average molecular weight is 384 g/mol. The number of anilines is 2. The van der Waals surface area contributed by atoms with Gasteiger partial charge >= 0.3 is 0 Å². The van der Waals surface area contributed by atoms with E-state index in [1.165, 1.54) is 5.56 Å². The Labute approximate surface area is 149 Å². The SMILES string of the molecule is CCNc1nc(NCc2ccccc2Br)cc(-c2ccncc2)n1. The predicted octanol–water partition coefficient (Wildman–Crippen LogP) is 4.35. The zero-order valence-corrected chi connectivity index (χ0v) is 14.9. The molecule has 0 aliphatic rings. The van der Waals surface area contributed by atoms with Gasteiger partial charge in [-0.1, -0.05) is 34.1 Å². The summed E-state index contributed by atoms with van der Waals surface area (Å²) < 4.78 is 1.08. The van der Waals surface area contributed by atoms with Gasteiger partial charge in [-0.3, -0.25) is 4.98 Å². The molecular weight excluding hydrogens is 366 g/mol. The lowest BCUT2D eigenvalue weighted by Gasteiger charge is -2.11. The molecule has 6 heteroatoms. The van der Waals surface area contributed by atoms with Gasteiger partial charge in [0.2, 0.25) is 5.95 Å². The average Bonchev–Trinajstić information content (AvgIpc) is 2.62. The minimum absolute atomic E-state index is 0.612. The highest BCUT2D eigenvalue weighted by molar-refractivity contribution is 9.10. The number of halogens is 1. The first-order valence-corrected chi connectivity index (χ1v) is 8.56. The largest absolute Gasteiger partial charge is 0.366 e. The Bertz CT molecular complexity index is 808. The van der Waals surface area contributed by atoms with Gasteiger partial charge in [0.25, 0.3) is 0 Å². The quantitative estimate of drug-likeness (QED) is 0.662. The second-order valence-corrected chi connectivity index (χ2v) is 6.03. The van der Waals surface area contributed by atoms with Crippen molar-refractivity contribution in [3.63, 3.8) is 0 Å². The highest BCUT2D eigenvalue weighted by atomic mass is 79.9. The van der Waals surface area contributed by atoms with Crippen LogP contribution in [0.3, 0.4) is 0 Å². The van der Waals surface area contributed by atoms with E-state index in [4.69, 9.17) is 0 Å². The third-order valence-corrected chi connectivity index (χ3v) is 4.23. The van der Waals surface area contributed by atoms with Crippen molar-refractivity contribution >= 4 is 27.7 Å². The normalized spacial score (nSPS) is 10.4. The summed E-state index contributed by atoms with van der Waals surface area (Å²) in [5.41, 5.74) is 3.04. The second kappa shape index (κ2) is 7.88. The van der Waals surface area contributed by atoms with Gasteiger partial charge in [0.15, 0.2) is 0 Å². The number of benzene rings is 1. The highest BCUT2D eigenvalue weighted by Gasteiger charge is 2.07. The van der Waals surface area contributed by atoms with Gasteiger partial charge in [-0.25, -0.2) is 4.98 Å². The summed E-state index contributed by atoms with van der Waals surface area (Å²) in [6.45, 7) is 3.47. The van der Waals surface area contributed by atoms with Crippen LogP contribution in [0.2, 0.25) is 0 Å². The van der Waals surface area contributed by atoms with Crippen molar-refractivity contribution in [3.8, 4) is 11.3 Å². The zero-order chi connectivity index (χ0) is 16.8. The highest BCUT2D eigenvalue weighted by Crippen LogP contribution is 2.22. The van der Waals surface area contributed by atoms with E-state index >= 15 is 0 Å². The lowest BCUT2D eigenvalue weighted by molar-refractivity contribution is 1.05. The van der Waals surface area contributed by atoms with Crippen molar-refractivity contribution in [1.29, 1.82) is 0 Å². The molecule has 2 aromatic heterocycles. The number of nitrogens with one attached hydrogen (secondary N) is 2. The number of hydrogen-bond acceptors (Lipinski definition) is 5. The van der Waals surface area contributed by atoms with Crippen LogP contribution in [0, 0.1) is 0 Å². The lowest BCUT2D eigenvalue weighted by Crippen LogP contribution is -2.07. The minimum atomic E-state index is 0.612. The van der Waals surface area contributed by atoms with E-state index in [9.17, 15) is 0 Å². The third-order valence-electron chi connectivity index (χ3n) is 3.45. The van der Waals surface area contributed by atoms with Crippen LogP contribution in [0.4, 0.5) is 11.8 Å². The van der Waals surface area contributed by atoms with E-state index in [1.54, 1.807) is 12.4 Å². The Morgan fingerprint density at radius 1 is 1.00 bits per heavy atom. The minimum Gasteiger partial charge on any atom is -0.366 e. The molecule has 3 rings (SSSR count). The topological polar surface area (TPSA) is 62.7 Å². The van der Waals surface area contributed by atoms with Crippen LogP contribution in [-0.2, 0) is 6.54 Å². The molecule has 0 fully saturated rings. The van der Waals surface area contributed by atoms with Gasteiger partial charge in [-0.15, -0.1) is 0 Å². The molecule has 0 bridgehead atoms. The van der Waals surface area contributed by atoms with Crippen molar-refractivity contribution in [2.24, 2.45) is 0 Å². The zero-order valence-electron chi connectivity index (χ0n) is 13.3. The van der Waals surface area contributed by atoms with Gasteiger partial charge in [0.05, 0.1) is 5.69 Å². The molecule has 0 radical (unpaired) electrons. The maximum atomic E-state index is 4.57. The molecule has 5 nitrogen and oxygen atoms in total. The molecule has 1 aromatic carbocycles.